The summed E-state index contributed by atoms with van der Waals surface area (Å²) >= 11 is 0. The van der Waals surface area contributed by atoms with Crippen LogP contribution in [0, 0.1) is 0 Å². The van der Waals surface area contributed by atoms with Crippen LogP contribution in [0.1, 0.15) is 0 Å². The van der Waals surface area contributed by atoms with Gasteiger partial charge in [0.25, 0.3) is 0 Å². The molecule has 0 saturated heterocycles. The van der Waals surface area contributed by atoms with Crippen LogP contribution in [0.15, 0.2) is 0 Å². The Morgan fingerprint density at radius 3 is 0.364 bits per heavy atom. The SMILES string of the molecule is [F-].[F-].[F-].[F-].[F-].[F-].[F-].[F-].[OH4+2].[Sr+2].[Ti+4]. The Hall–Kier alpha value is 1.59. The molecule has 0 radical (unpaired) electrons. The topological polar surface area (TPSA) is 34.5 Å². The fourth-order valence-electron chi connectivity index (χ4n) is 0. The van der Waals surface area contributed by atoms with Gasteiger partial charge in [-0.2, -0.15) is 0 Å². The van der Waals surface area contributed by atoms with Crippen LogP contribution in [0.5, 0.6) is 0 Å². The summed E-state index contributed by atoms with van der Waals surface area (Å²) in [6.45, 7) is 0. The number of halogens is 8. The summed E-state index contributed by atoms with van der Waals surface area (Å²) < 4.78 is 0. The predicted octanol–water partition coefficient (Wildman–Crippen LogP) is -25.5. The molecule has 0 aliphatic heterocycles. The summed E-state index contributed by atoms with van der Waals surface area (Å²) in [5.41, 5.74) is 0. The molecule has 0 aromatic heterocycles. The molecule has 0 fully saturated rings. The first-order chi connectivity index (χ1) is 0. The van der Waals surface area contributed by atoms with Gasteiger partial charge in [-0.25, -0.2) is 0 Å². The molecular weight excluding hydrogens is 303 g/mol. The first-order valence-electron chi connectivity index (χ1n) is 0. The summed E-state index contributed by atoms with van der Waals surface area (Å²) in [5.74, 6) is 0. The Kier molecular flexibility index (Phi) is 31000. The van der Waals surface area contributed by atoms with Crippen LogP contribution in [-0.2, 0) is 27.2 Å². The van der Waals surface area contributed by atoms with Crippen molar-refractivity contribution in [2.24, 2.45) is 0 Å². The Morgan fingerprint density at radius 2 is 0.364 bits per heavy atom. The third kappa shape index (κ3) is 420. The van der Waals surface area contributed by atoms with E-state index in [1.165, 1.54) is 0 Å². The Morgan fingerprint density at radius 1 is 0.364 bits per heavy atom. The molecule has 0 spiro atoms. The van der Waals surface area contributed by atoms with Crippen molar-refractivity contribution in [1.29, 1.82) is 0 Å². The second-order valence-electron chi connectivity index (χ2n) is 0. The fourth-order valence-corrected chi connectivity index (χ4v) is 0. The molecule has 0 aromatic carbocycles. The first kappa shape index (κ1) is 666. The molecule has 0 aliphatic rings. The summed E-state index contributed by atoms with van der Waals surface area (Å²) in [4.78, 5) is 0. The van der Waals surface area contributed by atoms with Gasteiger partial charge in [0.1, 0.15) is 0 Å². The normalized spacial score (nSPS) is 0. The maximum Gasteiger partial charge on any atom is 4.00 e. The quantitative estimate of drug-likeness (QED) is 0.315. The average molecular weight is 308 g/mol. The zero-order valence-electron chi connectivity index (χ0n) is 4.94. The van der Waals surface area contributed by atoms with E-state index in [4.69, 9.17) is 0 Å². The van der Waals surface area contributed by atoms with E-state index < -0.39 is 0 Å². The zero-order valence-corrected chi connectivity index (χ0v) is 9.98. The van der Waals surface area contributed by atoms with Crippen molar-refractivity contribution in [2.75, 3.05) is 0 Å². The molecule has 72 valence electrons. The minimum Gasteiger partial charge on any atom is -1.00 e. The molecule has 4 N–H and O–H groups in total. The molecule has 0 heterocycles. The second kappa shape index (κ2) is 512. The van der Waals surface area contributed by atoms with E-state index >= 15 is 0 Å². The zero-order chi connectivity index (χ0) is 0. The molecule has 0 aliphatic carbocycles. The second-order valence-corrected chi connectivity index (χ2v) is 0. The van der Waals surface area contributed by atoms with Gasteiger partial charge in [0.15, 0.2) is 0 Å². The molecule has 11 heteroatoms. The molecule has 0 saturated carbocycles. The van der Waals surface area contributed by atoms with Crippen molar-refractivity contribution in [3.63, 3.8) is 0 Å². The van der Waals surface area contributed by atoms with Crippen LogP contribution in [0.2, 0.25) is 0 Å². The molecule has 0 bridgehead atoms. The van der Waals surface area contributed by atoms with Crippen molar-refractivity contribution in [1.82, 2.24) is 0 Å². The van der Waals surface area contributed by atoms with Crippen LogP contribution >= 0.6 is 0 Å². The Balaban J connectivity index is 0. The first-order valence-corrected chi connectivity index (χ1v) is 0. The van der Waals surface area contributed by atoms with E-state index in [1.807, 2.05) is 0 Å². The van der Waals surface area contributed by atoms with Gasteiger partial charge >= 0.3 is 67.2 Å². The van der Waals surface area contributed by atoms with Crippen molar-refractivity contribution in [2.45, 2.75) is 0 Å². The van der Waals surface area contributed by atoms with Gasteiger partial charge in [0, 0.05) is 0 Å². The summed E-state index contributed by atoms with van der Waals surface area (Å²) in [6, 6.07) is 0. The maximum atomic E-state index is 0. The molecule has 11 heavy (non-hydrogen) atoms. The predicted molar refractivity (Wildman–Crippen MR) is 12.0 cm³/mol. The number of hydrogen-bond acceptors (Lipinski definition) is 0. The van der Waals surface area contributed by atoms with E-state index in [2.05, 4.69) is 0 Å². The van der Waals surface area contributed by atoms with Crippen LogP contribution in [0.4, 0.5) is 0 Å². The van der Waals surface area contributed by atoms with Gasteiger partial charge in [-0.1, -0.05) is 0 Å². The third-order valence-electron chi connectivity index (χ3n) is 0. The van der Waals surface area contributed by atoms with Crippen LogP contribution in [0.25, 0.3) is 0 Å². The molecule has 0 unspecified atom stereocenters. The maximum absolute atomic E-state index is 0. The summed E-state index contributed by atoms with van der Waals surface area (Å²) in [6.07, 6.45) is 0. The van der Waals surface area contributed by atoms with E-state index in [9.17, 15) is 0 Å². The minimum atomic E-state index is 0. The van der Waals surface area contributed by atoms with Crippen molar-refractivity contribution < 1.29 is 64.8 Å². The van der Waals surface area contributed by atoms with Gasteiger partial charge in [0.2, 0.25) is 0 Å². The van der Waals surface area contributed by atoms with Crippen molar-refractivity contribution in [3.05, 3.63) is 0 Å². The molecule has 0 rings (SSSR count). The standard InChI is InChI=1S/8FH.H4O.Sr.Ti/h8*1H;1H4;;/q;;;;;;;;2*+2;+4/p-8. The Labute approximate surface area is 109 Å². The molecule has 0 atom stereocenters. The van der Waals surface area contributed by atoms with Gasteiger partial charge in [-0.05, 0) is 0 Å². The van der Waals surface area contributed by atoms with Crippen LogP contribution < -0.4 is 37.6 Å². The average Bonchev–Trinajstić information content (AvgIpc) is 0. The van der Waals surface area contributed by atoms with E-state index in [1.54, 1.807) is 0 Å². The monoisotopic (exact) mass is 308 g/mol. The van der Waals surface area contributed by atoms with E-state index in [0.717, 1.165) is 0 Å². The van der Waals surface area contributed by atoms with Crippen LogP contribution in [-0.4, -0.2) is 45.5 Å². The fraction of sp³-hybridized carbons (Fsp3) is 0. The summed E-state index contributed by atoms with van der Waals surface area (Å²) in [7, 11) is 0. The smallest absolute Gasteiger partial charge is 1.00 e. The largest absolute Gasteiger partial charge is 4.00 e. The molecule has 1 nitrogen and oxygen atoms in total. The van der Waals surface area contributed by atoms with Crippen LogP contribution in [0.3, 0.4) is 0 Å². The Bertz CT molecular complexity index is 14.1. The molecular formula is H4F8OSrTi. The van der Waals surface area contributed by atoms with Crippen molar-refractivity contribution >= 4 is 45.5 Å². The van der Waals surface area contributed by atoms with E-state index in [0.29, 0.717) is 0 Å². The third-order valence-corrected chi connectivity index (χ3v) is 0. The number of rotatable bonds is 0. The van der Waals surface area contributed by atoms with Gasteiger partial charge in [-0.3, -0.25) is 0 Å². The minimum absolute atomic E-state index is 0. The van der Waals surface area contributed by atoms with Crippen molar-refractivity contribution in [3.8, 4) is 0 Å². The van der Waals surface area contributed by atoms with E-state index in [-0.39, 0.29) is 110 Å². The van der Waals surface area contributed by atoms with Gasteiger partial charge in [0.05, 0.1) is 0 Å². The summed E-state index contributed by atoms with van der Waals surface area (Å²) in [5, 5.41) is 0. The molecule has 0 aromatic rings. The number of hydrogen-bond donors (Lipinski definition) is 0. The molecule has 0 amide bonds. The van der Waals surface area contributed by atoms with Gasteiger partial charge in [-0.15, -0.1) is 0 Å². The van der Waals surface area contributed by atoms with Gasteiger partial charge < -0.3 is 43.1 Å².